The Morgan fingerprint density at radius 3 is 2.25 bits per heavy atom. The molecule has 5 heteroatoms. The van der Waals surface area contributed by atoms with Crippen molar-refractivity contribution >= 4 is 13.1 Å². The first-order valence-electron chi connectivity index (χ1n) is 8.95. The largest absolute Gasteiger partial charge is 0.466 e. The number of carbonyl (C=O) groups excluding carboxylic acids is 1. The van der Waals surface area contributed by atoms with E-state index in [-0.39, 0.29) is 24.3 Å². The zero-order valence-corrected chi connectivity index (χ0v) is 16.4. The van der Waals surface area contributed by atoms with E-state index in [4.69, 9.17) is 14.0 Å². The van der Waals surface area contributed by atoms with Gasteiger partial charge in [-0.05, 0) is 59.4 Å². The summed E-state index contributed by atoms with van der Waals surface area (Å²) in [6.45, 7) is 12.2. The van der Waals surface area contributed by atoms with Crippen molar-refractivity contribution in [3.8, 4) is 0 Å². The number of allylic oxidation sites excluding steroid dienone is 3. The van der Waals surface area contributed by atoms with Gasteiger partial charge in [-0.15, -0.1) is 0 Å². The van der Waals surface area contributed by atoms with E-state index in [1.54, 1.807) is 0 Å². The van der Waals surface area contributed by atoms with E-state index in [0.29, 0.717) is 5.57 Å². The van der Waals surface area contributed by atoms with Crippen molar-refractivity contribution in [2.45, 2.75) is 84.7 Å². The Balaban J connectivity index is 2.65. The van der Waals surface area contributed by atoms with E-state index in [0.717, 1.165) is 37.6 Å². The summed E-state index contributed by atoms with van der Waals surface area (Å²) in [6.07, 6.45) is 8.80. The van der Waals surface area contributed by atoms with E-state index < -0.39 is 0 Å². The number of hydrogen-bond donors (Lipinski definition) is 0. The first-order chi connectivity index (χ1) is 11.1. The van der Waals surface area contributed by atoms with Crippen molar-refractivity contribution in [3.63, 3.8) is 0 Å². The summed E-state index contributed by atoms with van der Waals surface area (Å²) in [6, 6.07) is 0. The molecule has 1 saturated heterocycles. The van der Waals surface area contributed by atoms with Crippen molar-refractivity contribution < 1.29 is 18.8 Å². The van der Waals surface area contributed by atoms with Crippen LogP contribution in [0.15, 0.2) is 23.3 Å². The average Bonchev–Trinajstić information content (AvgIpc) is 2.71. The zero-order valence-electron chi connectivity index (χ0n) is 16.4. The fourth-order valence-corrected chi connectivity index (χ4v) is 2.61. The minimum atomic E-state index is -0.292. The lowest BCUT2D eigenvalue weighted by Crippen LogP contribution is -2.41. The second-order valence-electron chi connectivity index (χ2n) is 7.41. The fraction of sp³-hybridized carbons (Fsp3) is 0.737. The van der Waals surface area contributed by atoms with Gasteiger partial charge >= 0.3 is 13.1 Å². The van der Waals surface area contributed by atoms with Gasteiger partial charge in [-0.2, -0.15) is 0 Å². The third-order valence-corrected chi connectivity index (χ3v) is 4.94. The Morgan fingerprint density at radius 2 is 1.75 bits per heavy atom. The Labute approximate surface area is 147 Å². The molecule has 1 aliphatic rings. The van der Waals surface area contributed by atoms with E-state index in [9.17, 15) is 4.79 Å². The predicted octanol–water partition coefficient (Wildman–Crippen LogP) is 4.70. The molecular formula is C19H33BO4. The van der Waals surface area contributed by atoms with Crippen LogP contribution >= 0.6 is 0 Å². The molecule has 4 nitrogen and oxygen atoms in total. The minimum Gasteiger partial charge on any atom is -0.466 e. The third kappa shape index (κ3) is 5.49. The molecule has 0 bridgehead atoms. The topological polar surface area (TPSA) is 44.8 Å². The van der Waals surface area contributed by atoms with Gasteiger partial charge in [0.05, 0.1) is 18.3 Å². The van der Waals surface area contributed by atoms with Gasteiger partial charge in [0.2, 0.25) is 0 Å². The quantitative estimate of drug-likeness (QED) is 0.279. The Bertz CT molecular complexity index is 476. The smallest absolute Gasteiger partial charge is 0.457 e. The highest BCUT2D eigenvalue weighted by Gasteiger charge is 2.50. The molecule has 1 fully saturated rings. The molecule has 136 valence electrons. The van der Waals surface area contributed by atoms with E-state index in [1.807, 2.05) is 6.92 Å². The van der Waals surface area contributed by atoms with Crippen molar-refractivity contribution in [2.75, 3.05) is 7.11 Å². The van der Waals surface area contributed by atoms with Crippen molar-refractivity contribution in [2.24, 2.45) is 0 Å². The van der Waals surface area contributed by atoms with E-state index in [1.165, 1.54) is 7.11 Å². The molecule has 0 radical (unpaired) electrons. The molecule has 1 heterocycles. The van der Waals surface area contributed by atoms with Crippen molar-refractivity contribution in [1.82, 2.24) is 0 Å². The van der Waals surface area contributed by atoms with Crippen LogP contribution in [0.1, 0.15) is 67.2 Å². The van der Waals surface area contributed by atoms with E-state index in [2.05, 4.69) is 46.8 Å². The number of ether oxygens (including phenoxy) is 1. The highest BCUT2D eigenvalue weighted by Crippen LogP contribution is 2.38. The molecule has 1 rings (SSSR count). The van der Waals surface area contributed by atoms with Gasteiger partial charge in [0, 0.05) is 5.57 Å². The second-order valence-corrected chi connectivity index (χ2v) is 7.41. The number of rotatable bonds is 8. The summed E-state index contributed by atoms with van der Waals surface area (Å²) < 4.78 is 16.9. The molecule has 0 amide bonds. The van der Waals surface area contributed by atoms with E-state index >= 15 is 0 Å². The normalized spacial score (nSPS) is 20.4. The molecule has 24 heavy (non-hydrogen) atoms. The van der Waals surface area contributed by atoms with Crippen LogP contribution in [0.5, 0.6) is 0 Å². The molecule has 0 atom stereocenters. The predicted molar refractivity (Wildman–Crippen MR) is 98.9 cm³/mol. The third-order valence-electron chi connectivity index (χ3n) is 4.94. The molecule has 0 unspecified atom stereocenters. The summed E-state index contributed by atoms with van der Waals surface area (Å²) in [5, 5.41) is 0. The second kappa shape index (κ2) is 8.86. The van der Waals surface area contributed by atoms with Gasteiger partial charge in [0.25, 0.3) is 0 Å². The Morgan fingerprint density at radius 1 is 1.17 bits per heavy atom. The van der Waals surface area contributed by atoms with Gasteiger partial charge in [-0.25, -0.2) is 4.79 Å². The number of hydrogen-bond acceptors (Lipinski definition) is 4. The first kappa shape index (κ1) is 21.0. The molecule has 0 spiro atoms. The fourth-order valence-electron chi connectivity index (χ4n) is 2.61. The van der Waals surface area contributed by atoms with Gasteiger partial charge in [0.15, 0.2) is 0 Å². The van der Waals surface area contributed by atoms with Crippen LogP contribution in [0, 0.1) is 0 Å². The van der Waals surface area contributed by atoms with Gasteiger partial charge in [0.1, 0.15) is 0 Å². The van der Waals surface area contributed by atoms with Crippen molar-refractivity contribution in [1.29, 1.82) is 0 Å². The number of methoxy groups -OCH3 is 1. The lowest BCUT2D eigenvalue weighted by atomic mass is 9.81. The van der Waals surface area contributed by atoms with Crippen LogP contribution in [-0.2, 0) is 18.8 Å². The highest BCUT2D eigenvalue weighted by molar-refractivity contribution is 6.45. The van der Waals surface area contributed by atoms with Gasteiger partial charge < -0.3 is 14.0 Å². The highest BCUT2D eigenvalue weighted by atomic mass is 16.7. The maximum Gasteiger partial charge on any atom is 0.457 e. The number of unbranched alkanes of at least 4 members (excludes halogenated alkanes) is 1. The Hall–Kier alpha value is -1.07. The van der Waals surface area contributed by atoms with Crippen LogP contribution in [0.2, 0.25) is 6.32 Å². The molecule has 0 aliphatic carbocycles. The van der Waals surface area contributed by atoms with Crippen molar-refractivity contribution in [3.05, 3.63) is 23.3 Å². The monoisotopic (exact) mass is 336 g/mol. The maximum atomic E-state index is 11.8. The lowest BCUT2D eigenvalue weighted by molar-refractivity contribution is -0.136. The summed E-state index contributed by atoms with van der Waals surface area (Å²) in [7, 11) is 1.23. The number of esters is 1. The molecule has 0 aromatic carbocycles. The lowest BCUT2D eigenvalue weighted by Gasteiger charge is -2.32. The molecule has 0 aromatic rings. The number of carbonyl (C=O) groups is 1. The van der Waals surface area contributed by atoms with Crippen LogP contribution in [0.25, 0.3) is 0 Å². The van der Waals surface area contributed by atoms with Crippen LogP contribution in [0.4, 0.5) is 0 Å². The standard InChI is InChI=1S/C19H33BO4/c1-8-9-10-12-16(15(2)17(21)22-7)13-11-14-20-23-18(3,4)19(5,6)24-20/h10,12H,8-9,11,13-14H2,1-7H3/b12-10-,16-15-. The minimum absolute atomic E-state index is 0.186. The summed E-state index contributed by atoms with van der Waals surface area (Å²) >= 11 is 0. The molecular weight excluding hydrogens is 303 g/mol. The van der Waals surface area contributed by atoms with Crippen LogP contribution < -0.4 is 0 Å². The van der Waals surface area contributed by atoms with Crippen LogP contribution in [-0.4, -0.2) is 31.4 Å². The average molecular weight is 336 g/mol. The zero-order chi connectivity index (χ0) is 18.4. The molecule has 0 saturated carbocycles. The summed E-state index contributed by atoms with van der Waals surface area (Å²) in [5.41, 5.74) is 1.13. The van der Waals surface area contributed by atoms with Crippen LogP contribution in [0.3, 0.4) is 0 Å². The Kier molecular flexibility index (Phi) is 7.75. The molecule has 0 N–H and O–H groups in total. The molecule has 0 aromatic heterocycles. The van der Waals surface area contributed by atoms with Gasteiger partial charge in [-0.3, -0.25) is 0 Å². The SMILES string of the molecule is CCC/C=C\C(CCCB1OC(C)(C)C(C)(C)O1)=C(/C)C(=O)OC. The maximum absolute atomic E-state index is 11.8. The van der Waals surface area contributed by atoms with Gasteiger partial charge in [-0.1, -0.05) is 31.9 Å². The molecule has 1 aliphatic heterocycles. The summed E-state index contributed by atoms with van der Waals surface area (Å²) in [4.78, 5) is 11.8. The summed E-state index contributed by atoms with van der Waals surface area (Å²) in [5.74, 6) is -0.262. The first-order valence-corrected chi connectivity index (χ1v) is 8.95.